The van der Waals surface area contributed by atoms with E-state index >= 15 is 0 Å². The van der Waals surface area contributed by atoms with Crippen molar-refractivity contribution in [1.82, 2.24) is 24.8 Å². The van der Waals surface area contributed by atoms with Gasteiger partial charge in [0.1, 0.15) is 11.6 Å². The zero-order valence-electron chi connectivity index (χ0n) is 15.8. The second kappa shape index (κ2) is 7.53. The molecular formula is C21H15FN6OS. The van der Waals surface area contributed by atoms with Crippen molar-refractivity contribution >= 4 is 26.7 Å². The van der Waals surface area contributed by atoms with Crippen molar-refractivity contribution in [3.63, 3.8) is 0 Å². The zero-order chi connectivity index (χ0) is 20.5. The fraction of sp³-hybridized carbons (Fsp3) is 0.0476. The quantitative estimate of drug-likeness (QED) is 0.448. The molecule has 5 rings (SSSR count). The number of rotatable bonds is 5. The van der Waals surface area contributed by atoms with Crippen molar-refractivity contribution in [2.75, 3.05) is 12.5 Å². The Labute approximate surface area is 174 Å². The minimum absolute atomic E-state index is 0.294. The van der Waals surface area contributed by atoms with Gasteiger partial charge in [-0.2, -0.15) is 0 Å². The summed E-state index contributed by atoms with van der Waals surface area (Å²) < 4.78 is 21.3. The molecule has 0 saturated heterocycles. The summed E-state index contributed by atoms with van der Waals surface area (Å²) in [6.45, 7) is 0. The van der Waals surface area contributed by atoms with Gasteiger partial charge in [0.25, 0.3) is 0 Å². The van der Waals surface area contributed by atoms with E-state index in [1.807, 2.05) is 36.4 Å². The standard InChI is InChI=1S/C21H15FN6OS/c1-29-16-7-4-13(5-8-16)19-25-26-20(14-3-2-10-23-12-14)28(19)27-21-24-17-9-6-15(22)11-18(17)30-21/h2-12H,1H3,(H,24,27). The van der Waals surface area contributed by atoms with E-state index in [-0.39, 0.29) is 5.82 Å². The average Bonchev–Trinajstić information content (AvgIpc) is 3.38. The van der Waals surface area contributed by atoms with E-state index in [9.17, 15) is 4.39 Å². The summed E-state index contributed by atoms with van der Waals surface area (Å²) in [5, 5.41) is 9.34. The van der Waals surface area contributed by atoms with E-state index in [1.165, 1.54) is 23.5 Å². The van der Waals surface area contributed by atoms with Crippen LogP contribution in [0.25, 0.3) is 33.0 Å². The summed E-state index contributed by atoms with van der Waals surface area (Å²) in [6.07, 6.45) is 3.41. The van der Waals surface area contributed by atoms with Crippen molar-refractivity contribution in [2.24, 2.45) is 0 Å². The molecule has 7 nitrogen and oxygen atoms in total. The molecular weight excluding hydrogens is 403 g/mol. The Hall–Kier alpha value is -3.85. The van der Waals surface area contributed by atoms with Crippen LogP contribution < -0.4 is 10.2 Å². The first kappa shape index (κ1) is 18.2. The lowest BCUT2D eigenvalue weighted by Crippen LogP contribution is -2.12. The fourth-order valence-electron chi connectivity index (χ4n) is 3.04. The first-order chi connectivity index (χ1) is 14.7. The predicted molar refractivity (Wildman–Crippen MR) is 114 cm³/mol. The number of fused-ring (bicyclic) bond motifs is 1. The van der Waals surface area contributed by atoms with Gasteiger partial charge in [-0.1, -0.05) is 11.3 Å². The molecule has 9 heteroatoms. The average molecular weight is 418 g/mol. The highest BCUT2D eigenvalue weighted by Crippen LogP contribution is 2.30. The molecule has 0 bridgehead atoms. The van der Waals surface area contributed by atoms with Crippen molar-refractivity contribution in [2.45, 2.75) is 0 Å². The maximum absolute atomic E-state index is 13.6. The second-order valence-electron chi connectivity index (χ2n) is 6.40. The lowest BCUT2D eigenvalue weighted by Gasteiger charge is -2.11. The Morgan fingerprint density at radius 3 is 2.53 bits per heavy atom. The molecule has 0 aliphatic carbocycles. The van der Waals surface area contributed by atoms with Crippen molar-refractivity contribution in [1.29, 1.82) is 0 Å². The van der Waals surface area contributed by atoms with Gasteiger partial charge in [0.15, 0.2) is 11.6 Å². The SMILES string of the molecule is COc1ccc(-c2nnc(-c3cccnc3)n2Nc2nc3ccc(F)cc3s2)cc1. The number of aromatic nitrogens is 5. The summed E-state index contributed by atoms with van der Waals surface area (Å²) in [5.74, 6) is 1.64. The van der Waals surface area contributed by atoms with Gasteiger partial charge in [-0.05, 0) is 54.6 Å². The van der Waals surface area contributed by atoms with Gasteiger partial charge in [0.05, 0.1) is 17.3 Å². The molecule has 0 fully saturated rings. The molecule has 0 spiro atoms. The van der Waals surface area contributed by atoms with E-state index in [0.29, 0.717) is 22.3 Å². The van der Waals surface area contributed by atoms with Gasteiger partial charge < -0.3 is 4.74 Å². The van der Waals surface area contributed by atoms with Crippen LogP contribution in [0.4, 0.5) is 9.52 Å². The Kier molecular flexibility index (Phi) is 4.56. The van der Waals surface area contributed by atoms with Gasteiger partial charge in [-0.15, -0.1) is 10.2 Å². The number of nitrogens with zero attached hydrogens (tertiary/aromatic N) is 5. The molecule has 3 heterocycles. The molecule has 0 atom stereocenters. The van der Waals surface area contributed by atoms with E-state index < -0.39 is 0 Å². The van der Waals surface area contributed by atoms with Gasteiger partial charge in [-0.25, -0.2) is 14.1 Å². The molecule has 0 amide bonds. The molecule has 148 valence electrons. The summed E-state index contributed by atoms with van der Waals surface area (Å²) >= 11 is 1.35. The van der Waals surface area contributed by atoms with E-state index in [0.717, 1.165) is 21.6 Å². The number of ether oxygens (including phenoxy) is 1. The van der Waals surface area contributed by atoms with Crippen LogP contribution in [-0.2, 0) is 0 Å². The van der Waals surface area contributed by atoms with Gasteiger partial charge >= 0.3 is 0 Å². The minimum Gasteiger partial charge on any atom is -0.497 e. The molecule has 2 aromatic carbocycles. The number of methoxy groups -OCH3 is 1. The number of pyridine rings is 1. The Morgan fingerprint density at radius 2 is 1.80 bits per heavy atom. The van der Waals surface area contributed by atoms with Crippen molar-refractivity contribution in [3.8, 4) is 28.5 Å². The number of halogens is 1. The van der Waals surface area contributed by atoms with Crippen LogP contribution in [0, 0.1) is 5.82 Å². The van der Waals surface area contributed by atoms with Crippen LogP contribution in [0.3, 0.4) is 0 Å². The molecule has 5 aromatic rings. The van der Waals surface area contributed by atoms with Crippen LogP contribution >= 0.6 is 11.3 Å². The summed E-state index contributed by atoms with van der Waals surface area (Å²) in [5.41, 5.74) is 5.63. The highest BCUT2D eigenvalue weighted by molar-refractivity contribution is 7.22. The second-order valence-corrected chi connectivity index (χ2v) is 7.43. The zero-order valence-corrected chi connectivity index (χ0v) is 16.6. The number of thiazole rings is 1. The van der Waals surface area contributed by atoms with Gasteiger partial charge in [0, 0.05) is 23.5 Å². The summed E-state index contributed by atoms with van der Waals surface area (Å²) in [6, 6.07) is 15.8. The molecule has 1 N–H and O–H groups in total. The van der Waals surface area contributed by atoms with E-state index in [2.05, 4.69) is 25.6 Å². The number of hydrogen-bond donors (Lipinski definition) is 1. The minimum atomic E-state index is -0.294. The fourth-order valence-corrected chi connectivity index (χ4v) is 3.92. The smallest absolute Gasteiger partial charge is 0.203 e. The third-order valence-corrected chi connectivity index (χ3v) is 5.41. The van der Waals surface area contributed by atoms with Crippen molar-refractivity contribution < 1.29 is 9.13 Å². The van der Waals surface area contributed by atoms with Crippen LogP contribution in [0.5, 0.6) is 5.75 Å². The first-order valence-electron chi connectivity index (χ1n) is 9.04. The maximum Gasteiger partial charge on any atom is 0.203 e. The lowest BCUT2D eigenvalue weighted by molar-refractivity contribution is 0.415. The number of hydrogen-bond acceptors (Lipinski definition) is 7. The topological polar surface area (TPSA) is 77.8 Å². The first-order valence-corrected chi connectivity index (χ1v) is 9.86. The highest BCUT2D eigenvalue weighted by atomic mass is 32.1. The van der Waals surface area contributed by atoms with Crippen LogP contribution in [0.1, 0.15) is 0 Å². The molecule has 0 saturated carbocycles. The van der Waals surface area contributed by atoms with E-state index in [4.69, 9.17) is 4.74 Å². The molecule has 3 aromatic heterocycles. The third kappa shape index (κ3) is 3.35. The van der Waals surface area contributed by atoms with E-state index in [1.54, 1.807) is 30.2 Å². The van der Waals surface area contributed by atoms with Crippen molar-refractivity contribution in [3.05, 3.63) is 72.8 Å². The molecule has 0 aliphatic heterocycles. The highest BCUT2D eigenvalue weighted by Gasteiger charge is 2.17. The van der Waals surface area contributed by atoms with Crippen LogP contribution in [0.15, 0.2) is 67.0 Å². The summed E-state index contributed by atoms with van der Waals surface area (Å²) in [4.78, 5) is 8.73. The normalized spacial score (nSPS) is 11.0. The monoisotopic (exact) mass is 418 g/mol. The maximum atomic E-state index is 13.6. The Balaban J connectivity index is 1.62. The van der Waals surface area contributed by atoms with Gasteiger partial charge in [-0.3, -0.25) is 10.4 Å². The third-order valence-electron chi connectivity index (χ3n) is 4.49. The molecule has 0 radical (unpaired) electrons. The Morgan fingerprint density at radius 1 is 1.00 bits per heavy atom. The van der Waals surface area contributed by atoms with Crippen LogP contribution in [0.2, 0.25) is 0 Å². The predicted octanol–water partition coefficient (Wildman–Crippen LogP) is 4.64. The summed E-state index contributed by atoms with van der Waals surface area (Å²) in [7, 11) is 1.62. The van der Waals surface area contributed by atoms with Crippen LogP contribution in [-0.4, -0.2) is 32.0 Å². The molecule has 0 aliphatic rings. The number of anilines is 1. The van der Waals surface area contributed by atoms with Gasteiger partial charge in [0.2, 0.25) is 5.13 Å². The molecule has 0 unspecified atom stereocenters. The Bertz CT molecular complexity index is 1320. The lowest BCUT2D eigenvalue weighted by atomic mass is 10.2. The number of benzene rings is 2. The number of nitrogens with one attached hydrogen (secondary N) is 1. The largest absolute Gasteiger partial charge is 0.497 e. The molecule has 30 heavy (non-hydrogen) atoms.